The highest BCUT2D eigenvalue weighted by molar-refractivity contribution is 6.46. The van der Waals surface area contributed by atoms with E-state index in [9.17, 15) is 19.8 Å². The molecule has 0 saturated carbocycles. The van der Waals surface area contributed by atoms with Gasteiger partial charge in [-0.15, -0.1) is 0 Å². The van der Waals surface area contributed by atoms with Crippen LogP contribution in [0.5, 0.6) is 11.5 Å². The van der Waals surface area contributed by atoms with Crippen molar-refractivity contribution in [3.8, 4) is 11.5 Å². The summed E-state index contributed by atoms with van der Waals surface area (Å²) in [5.74, 6) is -1.55. The molecular weight excluding hydrogens is 394 g/mol. The lowest BCUT2D eigenvalue weighted by molar-refractivity contribution is -0.140. The summed E-state index contributed by atoms with van der Waals surface area (Å²) >= 11 is 0. The average molecular weight is 415 g/mol. The van der Waals surface area contributed by atoms with E-state index in [4.69, 9.17) is 4.74 Å². The third-order valence-electron chi connectivity index (χ3n) is 5.30. The molecule has 31 heavy (non-hydrogen) atoms. The topological polar surface area (TPSA) is 87.1 Å². The Morgan fingerprint density at radius 3 is 2.26 bits per heavy atom. The number of hydrogen-bond acceptors (Lipinski definition) is 5. The molecule has 6 nitrogen and oxygen atoms in total. The fourth-order valence-corrected chi connectivity index (χ4v) is 3.79. The summed E-state index contributed by atoms with van der Waals surface area (Å²) < 4.78 is 5.22. The number of phenolic OH excluding ortho intramolecular Hbond substituents is 1. The van der Waals surface area contributed by atoms with Gasteiger partial charge in [-0.3, -0.25) is 9.59 Å². The van der Waals surface area contributed by atoms with Gasteiger partial charge >= 0.3 is 0 Å². The number of hydrogen-bond donors (Lipinski definition) is 2. The molecule has 0 radical (unpaired) electrons. The number of aromatic hydroxyl groups is 1. The summed E-state index contributed by atoms with van der Waals surface area (Å²) in [6, 6.07) is 21.7. The van der Waals surface area contributed by atoms with Crippen LogP contribution in [0.1, 0.15) is 22.7 Å². The van der Waals surface area contributed by atoms with Crippen LogP contribution >= 0.6 is 0 Å². The number of nitrogens with zero attached hydrogens (tertiary/aromatic N) is 1. The molecule has 3 aromatic rings. The van der Waals surface area contributed by atoms with Crippen molar-refractivity contribution in [2.24, 2.45) is 0 Å². The molecule has 1 unspecified atom stereocenters. The molecule has 156 valence electrons. The molecule has 1 amide bonds. The molecule has 1 fully saturated rings. The third kappa shape index (κ3) is 3.75. The minimum Gasteiger partial charge on any atom is -0.507 e. The molecule has 0 aromatic heterocycles. The molecule has 0 bridgehead atoms. The molecule has 1 aliphatic heterocycles. The largest absolute Gasteiger partial charge is 0.507 e. The highest BCUT2D eigenvalue weighted by Gasteiger charge is 2.46. The smallest absolute Gasteiger partial charge is 0.295 e. The van der Waals surface area contributed by atoms with E-state index in [2.05, 4.69) is 0 Å². The maximum atomic E-state index is 13.0. The van der Waals surface area contributed by atoms with Gasteiger partial charge in [0.25, 0.3) is 11.7 Å². The number of phenols is 1. The lowest BCUT2D eigenvalue weighted by atomic mass is 9.95. The van der Waals surface area contributed by atoms with E-state index >= 15 is 0 Å². The van der Waals surface area contributed by atoms with Crippen LogP contribution in [-0.4, -0.2) is 33.9 Å². The number of carbonyl (C=O) groups is 2. The summed E-state index contributed by atoms with van der Waals surface area (Å²) in [5, 5.41) is 21.0. The van der Waals surface area contributed by atoms with Gasteiger partial charge in [0.1, 0.15) is 5.76 Å². The van der Waals surface area contributed by atoms with Gasteiger partial charge in [-0.05, 0) is 23.3 Å². The van der Waals surface area contributed by atoms with E-state index in [0.29, 0.717) is 11.1 Å². The Kier molecular flexibility index (Phi) is 5.45. The average Bonchev–Trinajstić information content (AvgIpc) is 3.05. The second-order valence-electron chi connectivity index (χ2n) is 7.21. The lowest BCUT2D eigenvalue weighted by Gasteiger charge is -2.26. The number of aliphatic hydroxyl groups excluding tert-OH is 1. The van der Waals surface area contributed by atoms with E-state index in [-0.39, 0.29) is 29.4 Å². The second-order valence-corrected chi connectivity index (χ2v) is 7.21. The van der Waals surface area contributed by atoms with Crippen LogP contribution < -0.4 is 4.74 Å². The molecule has 1 aliphatic rings. The summed E-state index contributed by atoms with van der Waals surface area (Å²) in [5.41, 5.74) is 1.83. The quantitative estimate of drug-likeness (QED) is 0.373. The molecule has 6 heteroatoms. The van der Waals surface area contributed by atoms with E-state index < -0.39 is 17.7 Å². The molecule has 3 aromatic carbocycles. The van der Waals surface area contributed by atoms with Crippen molar-refractivity contribution in [3.05, 3.63) is 101 Å². The first-order valence-corrected chi connectivity index (χ1v) is 9.76. The number of rotatable bonds is 5. The van der Waals surface area contributed by atoms with Crippen LogP contribution in [0.3, 0.4) is 0 Å². The number of carbonyl (C=O) groups excluding carboxylic acids is 2. The third-order valence-corrected chi connectivity index (χ3v) is 5.30. The number of ether oxygens (including phenoxy) is 1. The minimum absolute atomic E-state index is 0.000117. The van der Waals surface area contributed by atoms with Gasteiger partial charge in [0, 0.05) is 12.1 Å². The highest BCUT2D eigenvalue weighted by atomic mass is 16.5. The van der Waals surface area contributed by atoms with Gasteiger partial charge in [-0.25, -0.2) is 0 Å². The Hall–Kier alpha value is -4.06. The number of methoxy groups -OCH3 is 1. The van der Waals surface area contributed by atoms with Crippen molar-refractivity contribution >= 4 is 17.4 Å². The van der Waals surface area contributed by atoms with Crippen molar-refractivity contribution < 1.29 is 24.5 Å². The molecule has 0 aliphatic carbocycles. The molecule has 1 saturated heterocycles. The van der Waals surface area contributed by atoms with E-state index in [1.54, 1.807) is 42.5 Å². The van der Waals surface area contributed by atoms with E-state index in [1.165, 1.54) is 18.1 Å². The predicted octanol–water partition coefficient (Wildman–Crippen LogP) is 4.02. The summed E-state index contributed by atoms with van der Waals surface area (Å²) in [4.78, 5) is 27.5. The predicted molar refractivity (Wildman–Crippen MR) is 115 cm³/mol. The molecule has 1 atom stereocenters. The van der Waals surface area contributed by atoms with Crippen molar-refractivity contribution in [2.75, 3.05) is 7.11 Å². The van der Waals surface area contributed by atoms with Crippen molar-refractivity contribution in [2.45, 2.75) is 12.6 Å². The van der Waals surface area contributed by atoms with Crippen LogP contribution in [0.25, 0.3) is 5.76 Å². The van der Waals surface area contributed by atoms with Crippen molar-refractivity contribution in [3.63, 3.8) is 0 Å². The Balaban J connectivity index is 1.89. The molecular formula is C25H21NO5. The fourth-order valence-electron chi connectivity index (χ4n) is 3.79. The second kappa shape index (κ2) is 8.36. The van der Waals surface area contributed by atoms with Crippen LogP contribution in [-0.2, 0) is 16.1 Å². The molecule has 1 heterocycles. The van der Waals surface area contributed by atoms with Crippen LogP contribution in [0.2, 0.25) is 0 Å². The number of likely N-dealkylation sites (tertiary alicyclic amines) is 1. The van der Waals surface area contributed by atoms with E-state index in [1.807, 2.05) is 30.3 Å². The van der Waals surface area contributed by atoms with Gasteiger partial charge in [0.05, 0.1) is 18.7 Å². The van der Waals surface area contributed by atoms with Gasteiger partial charge in [-0.1, -0.05) is 66.7 Å². The highest BCUT2D eigenvalue weighted by Crippen LogP contribution is 2.42. The van der Waals surface area contributed by atoms with Gasteiger partial charge in [0.15, 0.2) is 11.5 Å². The fraction of sp³-hybridized carbons (Fsp3) is 0.120. The Labute approximate surface area is 179 Å². The van der Waals surface area contributed by atoms with E-state index in [0.717, 1.165) is 5.56 Å². The zero-order valence-electron chi connectivity index (χ0n) is 16.9. The number of amides is 1. The number of benzene rings is 3. The van der Waals surface area contributed by atoms with Crippen LogP contribution in [0.15, 0.2) is 84.4 Å². The summed E-state index contributed by atoms with van der Waals surface area (Å²) in [7, 11) is 1.42. The maximum Gasteiger partial charge on any atom is 0.295 e. The molecule has 0 spiro atoms. The number of aliphatic hydroxyl groups is 1. The Morgan fingerprint density at radius 1 is 0.968 bits per heavy atom. The van der Waals surface area contributed by atoms with Crippen LogP contribution in [0.4, 0.5) is 0 Å². The zero-order chi connectivity index (χ0) is 22.0. The molecule has 4 rings (SSSR count). The lowest BCUT2D eigenvalue weighted by Crippen LogP contribution is -2.29. The van der Waals surface area contributed by atoms with Gasteiger partial charge in [-0.2, -0.15) is 0 Å². The Morgan fingerprint density at radius 2 is 1.61 bits per heavy atom. The SMILES string of the molecule is COc1cc(C2C(=C(O)c3ccccc3)C(=O)C(=O)N2Cc2ccccc2)ccc1O. The van der Waals surface area contributed by atoms with Crippen molar-refractivity contribution in [1.82, 2.24) is 4.90 Å². The summed E-state index contributed by atoms with van der Waals surface area (Å²) in [6.45, 7) is 0.185. The maximum absolute atomic E-state index is 13.0. The monoisotopic (exact) mass is 415 g/mol. The van der Waals surface area contributed by atoms with Gasteiger partial charge < -0.3 is 19.8 Å². The minimum atomic E-state index is -0.838. The van der Waals surface area contributed by atoms with Gasteiger partial charge in [0.2, 0.25) is 0 Å². The standard InChI is InChI=1S/C25H21NO5/c1-31-20-14-18(12-13-19(20)27)22-21(23(28)17-10-6-3-7-11-17)24(29)25(30)26(22)15-16-8-4-2-5-9-16/h2-14,22,27-28H,15H2,1H3. The van der Waals surface area contributed by atoms with Crippen LogP contribution in [0, 0.1) is 0 Å². The first-order valence-electron chi connectivity index (χ1n) is 9.76. The first-order chi connectivity index (χ1) is 15.0. The normalized spacial score (nSPS) is 17.7. The molecule has 2 N–H and O–H groups in total. The zero-order valence-corrected chi connectivity index (χ0v) is 16.9. The first kappa shape index (κ1) is 20.2. The number of ketones is 1. The number of Topliss-reactive ketones (excluding diaryl/α,β-unsaturated/α-hetero) is 1. The summed E-state index contributed by atoms with van der Waals surface area (Å²) in [6.07, 6.45) is 0. The Bertz CT molecular complexity index is 1160. The van der Waals surface area contributed by atoms with Crippen molar-refractivity contribution in [1.29, 1.82) is 0 Å².